The number of carbonyl (C=O) groups is 1. The van der Waals surface area contributed by atoms with E-state index in [1.165, 1.54) is 13.0 Å². The van der Waals surface area contributed by atoms with Gasteiger partial charge in [0.2, 0.25) is 0 Å². The number of benzene rings is 3. The first kappa shape index (κ1) is 22.0. The van der Waals surface area contributed by atoms with Gasteiger partial charge in [0.05, 0.1) is 11.6 Å². The number of nitriles is 1. The molecule has 4 N–H and O–H groups in total. The second-order valence-corrected chi connectivity index (χ2v) is 9.25. The minimum atomic E-state index is -5.09. The van der Waals surface area contributed by atoms with E-state index < -0.39 is 24.3 Å². The van der Waals surface area contributed by atoms with Crippen LogP contribution in [0.15, 0.2) is 72.8 Å². The van der Waals surface area contributed by atoms with Crippen molar-refractivity contribution in [2.75, 3.05) is 5.32 Å². The predicted molar refractivity (Wildman–Crippen MR) is 110 cm³/mol. The average molecular weight is 454 g/mol. The molecule has 29 heavy (non-hydrogen) atoms. The van der Waals surface area contributed by atoms with Gasteiger partial charge in [0.25, 0.3) is 0 Å². The molecule has 3 aromatic carbocycles. The van der Waals surface area contributed by atoms with Crippen LogP contribution in [0.25, 0.3) is 11.1 Å². The van der Waals surface area contributed by atoms with Crippen LogP contribution in [-0.4, -0.2) is 33.4 Å². The number of nitrogens with zero attached hydrogens (tertiary/aromatic N) is 1. The van der Waals surface area contributed by atoms with Gasteiger partial charge in [0.1, 0.15) is 0 Å². The minimum absolute atomic E-state index is 0.285. The van der Waals surface area contributed by atoms with E-state index >= 15 is 0 Å². The molecule has 0 radical (unpaired) electrons. The molecule has 0 aliphatic rings. The molecule has 3 aromatic rings. The molecule has 0 saturated carbocycles. The number of rotatable bonds is 3. The largest absolute Gasteiger partial charge is 0.192 e. The second kappa shape index (κ2) is 9.76. The number of amides is 1. The van der Waals surface area contributed by atoms with Crippen molar-refractivity contribution in [3.8, 4) is 22.9 Å². The summed E-state index contributed by atoms with van der Waals surface area (Å²) in [4.78, 5) is 10.7. The van der Waals surface area contributed by atoms with Gasteiger partial charge in [-0.3, -0.25) is 0 Å². The normalized spacial score (nSPS) is 10.3. The molecule has 0 bridgehead atoms. The third-order valence-electron chi connectivity index (χ3n) is 3.74. The Kier molecular flexibility index (Phi) is 7.40. The van der Waals surface area contributed by atoms with Gasteiger partial charge in [-0.05, 0) is 17.2 Å². The van der Waals surface area contributed by atoms with Gasteiger partial charge in [0, 0.05) is 0 Å². The molecular formula is C21H19AsN2O5. The van der Waals surface area contributed by atoms with Crippen molar-refractivity contribution in [1.29, 1.82) is 5.26 Å². The molecule has 0 atom stereocenters. The maximum absolute atomic E-state index is 10.9. The van der Waals surface area contributed by atoms with E-state index in [1.54, 1.807) is 0 Å². The van der Waals surface area contributed by atoms with E-state index in [1.807, 2.05) is 54.6 Å². The zero-order chi connectivity index (χ0) is 21.4. The number of phenols is 1. The van der Waals surface area contributed by atoms with Crippen LogP contribution in [0.2, 0.25) is 0 Å². The van der Waals surface area contributed by atoms with Crippen LogP contribution < -0.4 is 9.67 Å². The minimum Gasteiger partial charge on any atom is -0.192 e. The van der Waals surface area contributed by atoms with Gasteiger partial charge in [-0.15, -0.1) is 0 Å². The Labute approximate surface area is 170 Å². The molecule has 0 aromatic heterocycles. The predicted octanol–water partition coefficient (Wildman–Crippen LogP) is 2.14. The van der Waals surface area contributed by atoms with E-state index in [0.29, 0.717) is 0 Å². The number of carbonyl (C=O) groups excluding carboxylic acids is 1. The van der Waals surface area contributed by atoms with Crippen molar-refractivity contribution in [3.05, 3.63) is 78.4 Å². The maximum atomic E-state index is 10.9. The maximum Gasteiger partial charge on any atom is 0.0998 e. The number of aromatic hydroxyl groups is 1. The molecule has 1 amide bonds. The molecule has 0 fully saturated rings. The summed E-state index contributed by atoms with van der Waals surface area (Å²) >= 11 is -5.09. The van der Waals surface area contributed by atoms with Crippen molar-refractivity contribution in [2.24, 2.45) is 0 Å². The molecule has 0 aliphatic carbocycles. The Bertz CT molecular complexity index is 1090. The van der Waals surface area contributed by atoms with E-state index in [2.05, 4.69) is 11.4 Å². The van der Waals surface area contributed by atoms with E-state index in [0.717, 1.165) is 28.8 Å². The summed E-state index contributed by atoms with van der Waals surface area (Å²) in [6.45, 7) is 1.29. The zero-order valence-electron chi connectivity index (χ0n) is 15.5. The fraction of sp³-hybridized carbons (Fsp3) is 0.0476. The number of hydrogen-bond acceptors (Lipinski definition) is 4. The van der Waals surface area contributed by atoms with Crippen molar-refractivity contribution in [3.63, 3.8) is 0 Å². The number of phenolic OH excluding ortho intramolecular Hbond substituents is 1. The Hall–Kier alpha value is -3.30. The molecule has 148 valence electrons. The van der Waals surface area contributed by atoms with Gasteiger partial charge in [-0.1, -0.05) is 48.5 Å². The third kappa shape index (κ3) is 6.37. The molecule has 0 spiro atoms. The third-order valence-corrected chi connectivity index (χ3v) is 5.85. The fourth-order valence-electron chi connectivity index (χ4n) is 2.50. The summed E-state index contributed by atoms with van der Waals surface area (Å²) in [6.07, 6.45) is 0. The molecule has 3 rings (SSSR count). The second-order valence-electron chi connectivity index (χ2n) is 5.95. The summed E-state index contributed by atoms with van der Waals surface area (Å²) in [5, 5.41) is 20.6. The Morgan fingerprint density at radius 1 is 1.00 bits per heavy atom. The Balaban J connectivity index is 0.000000207. The summed E-state index contributed by atoms with van der Waals surface area (Å²) in [5.41, 5.74) is 3.09. The van der Waals surface area contributed by atoms with Crippen LogP contribution in [0.3, 0.4) is 0 Å². The Morgan fingerprint density at radius 3 is 2.17 bits per heavy atom. The number of anilines is 1. The summed E-state index contributed by atoms with van der Waals surface area (Å²) in [7, 11) is 0. The van der Waals surface area contributed by atoms with Gasteiger partial charge in [-0.25, -0.2) is 0 Å². The van der Waals surface area contributed by atoms with Gasteiger partial charge >= 0.3 is 88.1 Å². The number of nitrogens with one attached hydrogen (secondary N) is 1. The topological polar surface area (TPSA) is 131 Å². The van der Waals surface area contributed by atoms with Crippen molar-refractivity contribution in [2.45, 2.75) is 6.92 Å². The molecule has 0 heterocycles. The van der Waals surface area contributed by atoms with Crippen LogP contribution in [0, 0.1) is 11.3 Å². The molecule has 0 aliphatic heterocycles. The van der Waals surface area contributed by atoms with Crippen LogP contribution in [0.1, 0.15) is 12.5 Å². The standard InChI is InChI=1S/C13H9N.C8H10AsNO5/c14-10-12-8-4-5-9-13(12)11-6-2-1-3-7-11;1-5(11)10-6-2-3-7(8(12)4-6)9(13,14)15/h1-9H;2-4,12H,1H3,(H,10,11)(H2,13,14,15). The van der Waals surface area contributed by atoms with Crippen molar-refractivity contribution >= 4 is 30.1 Å². The molecule has 7 nitrogen and oxygen atoms in total. The van der Waals surface area contributed by atoms with Crippen molar-refractivity contribution in [1.82, 2.24) is 0 Å². The molecule has 0 saturated heterocycles. The molecule has 8 heteroatoms. The van der Waals surface area contributed by atoms with Gasteiger partial charge in [-0.2, -0.15) is 5.26 Å². The van der Waals surface area contributed by atoms with E-state index in [9.17, 15) is 13.6 Å². The first-order valence-corrected chi connectivity index (χ1v) is 11.8. The monoisotopic (exact) mass is 454 g/mol. The summed E-state index contributed by atoms with van der Waals surface area (Å²) in [5.74, 6) is -0.850. The van der Waals surface area contributed by atoms with Crippen LogP contribution >= 0.6 is 0 Å². The molecule has 0 unspecified atom stereocenters. The summed E-state index contributed by atoms with van der Waals surface area (Å²) in [6, 6.07) is 23.3. The summed E-state index contributed by atoms with van der Waals surface area (Å²) < 4.78 is 28.2. The smallest absolute Gasteiger partial charge is 0.0998 e. The van der Waals surface area contributed by atoms with Crippen LogP contribution in [0.4, 0.5) is 5.69 Å². The van der Waals surface area contributed by atoms with E-state index in [-0.39, 0.29) is 11.6 Å². The molecular weight excluding hydrogens is 435 g/mol. The average Bonchev–Trinajstić information content (AvgIpc) is 2.67. The van der Waals surface area contributed by atoms with Crippen LogP contribution in [0.5, 0.6) is 5.75 Å². The fourth-order valence-corrected chi connectivity index (χ4v) is 3.83. The van der Waals surface area contributed by atoms with Gasteiger partial charge in [0.15, 0.2) is 0 Å². The SMILES string of the molecule is CC(=O)Nc1ccc([As](=O)(O)O)c(O)c1.N#Cc1ccccc1-c1ccccc1. The zero-order valence-corrected chi connectivity index (χ0v) is 17.4. The van der Waals surface area contributed by atoms with Crippen molar-refractivity contribution < 1.29 is 21.8 Å². The quantitative estimate of drug-likeness (QED) is 0.449. The number of hydrogen-bond donors (Lipinski definition) is 4. The van der Waals surface area contributed by atoms with Gasteiger partial charge < -0.3 is 0 Å². The van der Waals surface area contributed by atoms with Crippen LogP contribution in [-0.2, 0) is 8.53 Å². The first-order valence-electron chi connectivity index (χ1n) is 8.43. The van der Waals surface area contributed by atoms with E-state index in [4.69, 9.17) is 13.5 Å². The first-order chi connectivity index (χ1) is 13.7. The Morgan fingerprint density at radius 2 is 1.62 bits per heavy atom.